The van der Waals surface area contributed by atoms with E-state index in [0.29, 0.717) is 19.5 Å². The third kappa shape index (κ3) is 9.89. The number of ether oxygens (including phenoxy) is 2. The summed E-state index contributed by atoms with van der Waals surface area (Å²) in [5, 5.41) is 5.72. The first-order chi connectivity index (χ1) is 8.24. The van der Waals surface area contributed by atoms with E-state index in [-0.39, 0.29) is 12.0 Å². The van der Waals surface area contributed by atoms with Crippen LogP contribution < -0.4 is 10.6 Å². The molecule has 6 nitrogen and oxygen atoms in total. The van der Waals surface area contributed by atoms with Crippen LogP contribution in [0.25, 0.3) is 0 Å². The van der Waals surface area contributed by atoms with Crippen molar-refractivity contribution in [2.24, 2.45) is 0 Å². The molecule has 0 heterocycles. The van der Waals surface area contributed by atoms with Gasteiger partial charge >= 0.3 is 12.1 Å². The van der Waals surface area contributed by atoms with Gasteiger partial charge in [-0.2, -0.15) is 0 Å². The van der Waals surface area contributed by atoms with Gasteiger partial charge in [0, 0.05) is 19.1 Å². The van der Waals surface area contributed by atoms with E-state index in [0.717, 1.165) is 0 Å². The van der Waals surface area contributed by atoms with Crippen molar-refractivity contribution in [2.75, 3.05) is 20.2 Å². The molecule has 0 aromatic rings. The Bertz CT molecular complexity index is 274. The SMILES string of the molecule is COC(=O)CC(C)NCCNC(=O)OC(C)(C)C. The second kappa shape index (κ2) is 7.92. The molecule has 6 heteroatoms. The van der Waals surface area contributed by atoms with E-state index in [9.17, 15) is 9.59 Å². The molecule has 0 aromatic heterocycles. The number of hydrogen-bond donors (Lipinski definition) is 2. The normalized spacial score (nSPS) is 12.7. The van der Waals surface area contributed by atoms with E-state index in [2.05, 4.69) is 15.4 Å². The Kier molecular flexibility index (Phi) is 7.35. The number of rotatable bonds is 6. The lowest BCUT2D eigenvalue weighted by molar-refractivity contribution is -0.141. The van der Waals surface area contributed by atoms with Crippen LogP contribution in [0.15, 0.2) is 0 Å². The molecule has 0 radical (unpaired) electrons. The maximum atomic E-state index is 11.3. The Morgan fingerprint density at radius 1 is 1.22 bits per heavy atom. The minimum absolute atomic E-state index is 0.0119. The van der Waals surface area contributed by atoms with Crippen molar-refractivity contribution >= 4 is 12.1 Å². The van der Waals surface area contributed by atoms with Crippen molar-refractivity contribution in [1.29, 1.82) is 0 Å². The molecule has 0 spiro atoms. The second-order valence-electron chi connectivity index (χ2n) is 5.06. The second-order valence-corrected chi connectivity index (χ2v) is 5.06. The number of methoxy groups -OCH3 is 1. The van der Waals surface area contributed by atoms with Crippen molar-refractivity contribution in [3.63, 3.8) is 0 Å². The lowest BCUT2D eigenvalue weighted by Gasteiger charge is -2.20. The van der Waals surface area contributed by atoms with Crippen LogP contribution in [0.3, 0.4) is 0 Å². The Hall–Kier alpha value is -1.30. The molecule has 0 aliphatic heterocycles. The van der Waals surface area contributed by atoms with Crippen LogP contribution in [0.4, 0.5) is 4.79 Å². The highest BCUT2D eigenvalue weighted by Crippen LogP contribution is 2.05. The number of amides is 1. The van der Waals surface area contributed by atoms with Gasteiger partial charge in [0.15, 0.2) is 0 Å². The van der Waals surface area contributed by atoms with E-state index in [1.54, 1.807) is 0 Å². The molecule has 0 bridgehead atoms. The Morgan fingerprint density at radius 3 is 2.33 bits per heavy atom. The lowest BCUT2D eigenvalue weighted by atomic mass is 10.2. The molecule has 0 fully saturated rings. The van der Waals surface area contributed by atoms with Gasteiger partial charge in [0.1, 0.15) is 5.60 Å². The zero-order chi connectivity index (χ0) is 14.2. The molecule has 106 valence electrons. The highest BCUT2D eigenvalue weighted by molar-refractivity contribution is 5.69. The monoisotopic (exact) mass is 260 g/mol. The topological polar surface area (TPSA) is 76.7 Å². The summed E-state index contributed by atoms with van der Waals surface area (Å²) in [4.78, 5) is 22.3. The molecule has 0 aliphatic carbocycles. The molecular weight excluding hydrogens is 236 g/mol. The number of alkyl carbamates (subject to hydrolysis) is 1. The molecule has 1 atom stereocenters. The van der Waals surface area contributed by atoms with Crippen LogP contribution in [0, 0.1) is 0 Å². The predicted molar refractivity (Wildman–Crippen MR) is 68.3 cm³/mol. The average molecular weight is 260 g/mol. The number of carbonyl (C=O) groups excluding carboxylic acids is 2. The van der Waals surface area contributed by atoms with Crippen molar-refractivity contribution in [3.05, 3.63) is 0 Å². The van der Waals surface area contributed by atoms with E-state index in [1.165, 1.54) is 7.11 Å². The van der Waals surface area contributed by atoms with Gasteiger partial charge in [-0.3, -0.25) is 4.79 Å². The quantitative estimate of drug-likeness (QED) is 0.551. The Balaban J connectivity index is 3.61. The first kappa shape index (κ1) is 16.7. The molecule has 0 saturated heterocycles. The fourth-order valence-electron chi connectivity index (χ4n) is 1.20. The standard InChI is InChI=1S/C12H24N2O4/c1-9(8-10(15)17-5)13-6-7-14-11(16)18-12(2,3)4/h9,13H,6-8H2,1-5H3,(H,14,16). The molecule has 18 heavy (non-hydrogen) atoms. The summed E-state index contributed by atoms with van der Waals surface area (Å²) in [6.45, 7) is 8.32. The molecule has 0 aliphatic rings. The van der Waals surface area contributed by atoms with Gasteiger partial charge in [-0.25, -0.2) is 4.79 Å². The summed E-state index contributed by atoms with van der Waals surface area (Å²) in [6.07, 6.45) is -0.131. The number of esters is 1. The van der Waals surface area contributed by atoms with Gasteiger partial charge in [0.25, 0.3) is 0 Å². The molecule has 1 unspecified atom stereocenters. The van der Waals surface area contributed by atoms with Crippen molar-refractivity contribution in [2.45, 2.75) is 45.8 Å². The lowest BCUT2D eigenvalue weighted by Crippen LogP contribution is -2.39. The van der Waals surface area contributed by atoms with E-state index in [1.807, 2.05) is 27.7 Å². The van der Waals surface area contributed by atoms with Gasteiger partial charge in [-0.05, 0) is 27.7 Å². The first-order valence-corrected chi connectivity index (χ1v) is 6.01. The van der Waals surface area contributed by atoms with Crippen LogP contribution in [0.2, 0.25) is 0 Å². The number of carbonyl (C=O) groups is 2. The summed E-state index contributed by atoms with van der Waals surface area (Å²) in [7, 11) is 1.36. The van der Waals surface area contributed by atoms with Gasteiger partial charge < -0.3 is 20.1 Å². The summed E-state index contributed by atoms with van der Waals surface area (Å²) in [6, 6.07) is 0.0119. The van der Waals surface area contributed by atoms with E-state index in [4.69, 9.17) is 4.74 Å². The Labute approximate surface area is 108 Å². The maximum Gasteiger partial charge on any atom is 0.407 e. The Morgan fingerprint density at radius 2 is 1.83 bits per heavy atom. The summed E-state index contributed by atoms with van der Waals surface area (Å²) in [5.41, 5.74) is -0.490. The summed E-state index contributed by atoms with van der Waals surface area (Å²) < 4.78 is 9.63. The molecule has 0 aromatic carbocycles. The minimum atomic E-state index is -0.490. The molecule has 1 amide bonds. The van der Waals surface area contributed by atoms with Crippen molar-refractivity contribution < 1.29 is 19.1 Å². The van der Waals surface area contributed by atoms with Crippen molar-refractivity contribution in [1.82, 2.24) is 10.6 Å². The highest BCUT2D eigenvalue weighted by Gasteiger charge is 2.15. The highest BCUT2D eigenvalue weighted by atomic mass is 16.6. The molecule has 2 N–H and O–H groups in total. The van der Waals surface area contributed by atoms with E-state index >= 15 is 0 Å². The van der Waals surface area contributed by atoms with Crippen molar-refractivity contribution in [3.8, 4) is 0 Å². The van der Waals surface area contributed by atoms with Gasteiger partial charge in [-0.15, -0.1) is 0 Å². The maximum absolute atomic E-state index is 11.3. The fraction of sp³-hybridized carbons (Fsp3) is 0.833. The molecule has 0 saturated carbocycles. The number of hydrogen-bond acceptors (Lipinski definition) is 5. The third-order valence-electron chi connectivity index (χ3n) is 1.99. The summed E-state index contributed by atoms with van der Waals surface area (Å²) in [5.74, 6) is -0.255. The van der Waals surface area contributed by atoms with E-state index < -0.39 is 11.7 Å². The largest absolute Gasteiger partial charge is 0.469 e. The van der Waals surface area contributed by atoms with Gasteiger partial charge in [-0.1, -0.05) is 0 Å². The zero-order valence-corrected chi connectivity index (χ0v) is 11.8. The number of nitrogens with one attached hydrogen (secondary N) is 2. The van der Waals surface area contributed by atoms with Crippen LogP contribution in [-0.2, 0) is 14.3 Å². The first-order valence-electron chi connectivity index (χ1n) is 6.01. The smallest absolute Gasteiger partial charge is 0.407 e. The summed E-state index contributed by atoms with van der Waals surface area (Å²) >= 11 is 0. The zero-order valence-electron chi connectivity index (χ0n) is 11.8. The van der Waals surface area contributed by atoms with Crippen LogP contribution in [0.5, 0.6) is 0 Å². The molecule has 0 rings (SSSR count). The average Bonchev–Trinajstić information content (AvgIpc) is 2.21. The fourth-order valence-corrected chi connectivity index (χ4v) is 1.20. The molecular formula is C12H24N2O4. The minimum Gasteiger partial charge on any atom is -0.469 e. The van der Waals surface area contributed by atoms with Gasteiger partial charge in [0.05, 0.1) is 13.5 Å². The van der Waals surface area contributed by atoms with Crippen LogP contribution >= 0.6 is 0 Å². The van der Waals surface area contributed by atoms with Crippen LogP contribution in [0.1, 0.15) is 34.1 Å². The van der Waals surface area contributed by atoms with Crippen LogP contribution in [-0.4, -0.2) is 43.9 Å². The predicted octanol–water partition coefficient (Wildman–Crippen LogP) is 1.05. The third-order valence-corrected chi connectivity index (χ3v) is 1.99. The van der Waals surface area contributed by atoms with Gasteiger partial charge in [0.2, 0.25) is 0 Å².